The van der Waals surface area contributed by atoms with Gasteiger partial charge in [-0.05, 0) is 39.5 Å². The Bertz CT molecular complexity index is 496. The summed E-state index contributed by atoms with van der Waals surface area (Å²) in [7, 11) is 0. The highest BCUT2D eigenvalue weighted by atomic mass is 16.5. The molecule has 0 saturated carbocycles. The van der Waals surface area contributed by atoms with Crippen molar-refractivity contribution in [3.05, 3.63) is 11.3 Å². The Kier molecular flexibility index (Phi) is 3.41. The summed E-state index contributed by atoms with van der Waals surface area (Å²) in [5, 5.41) is 6.64. The minimum atomic E-state index is -0.114. The number of hydrogen-bond donors (Lipinski definition) is 1. The van der Waals surface area contributed by atoms with E-state index >= 15 is 0 Å². The van der Waals surface area contributed by atoms with Crippen molar-refractivity contribution in [2.75, 3.05) is 25.0 Å². The van der Waals surface area contributed by atoms with Gasteiger partial charge in [-0.3, -0.25) is 5.32 Å². The van der Waals surface area contributed by atoms with Gasteiger partial charge in [-0.1, -0.05) is 5.16 Å². The molecule has 2 aliphatic rings. The largest absolute Gasteiger partial charge is 0.375 e. The van der Waals surface area contributed by atoms with Gasteiger partial charge < -0.3 is 14.2 Å². The summed E-state index contributed by atoms with van der Waals surface area (Å²) in [4.78, 5) is 14.0. The van der Waals surface area contributed by atoms with Crippen LogP contribution in [0.25, 0.3) is 0 Å². The fourth-order valence-electron chi connectivity index (χ4n) is 2.97. The molecule has 0 aliphatic carbocycles. The number of carbonyl (C=O) groups is 1. The molecule has 2 saturated heterocycles. The lowest BCUT2D eigenvalue weighted by Gasteiger charge is -2.38. The Balaban J connectivity index is 1.58. The molecule has 1 aromatic rings. The third-order valence-corrected chi connectivity index (χ3v) is 4.52. The average Bonchev–Trinajstić information content (AvgIpc) is 3.02. The molecule has 3 rings (SSSR count). The number of rotatable bonds is 1. The van der Waals surface area contributed by atoms with Crippen molar-refractivity contribution in [3.63, 3.8) is 0 Å². The normalized spacial score (nSPS) is 21.4. The number of anilines is 1. The molecule has 1 aromatic heterocycles. The van der Waals surface area contributed by atoms with Crippen molar-refractivity contribution < 1.29 is 14.1 Å². The fourth-order valence-corrected chi connectivity index (χ4v) is 2.97. The van der Waals surface area contributed by atoms with Gasteiger partial charge in [-0.2, -0.15) is 0 Å². The quantitative estimate of drug-likeness (QED) is 0.857. The van der Waals surface area contributed by atoms with Gasteiger partial charge in [-0.25, -0.2) is 4.79 Å². The van der Waals surface area contributed by atoms with Crippen LogP contribution in [0.4, 0.5) is 10.7 Å². The molecule has 2 aliphatic heterocycles. The molecule has 1 N–H and O–H groups in total. The number of ether oxygens (including phenoxy) is 1. The maximum absolute atomic E-state index is 12.2. The first-order valence-electron chi connectivity index (χ1n) is 7.22. The van der Waals surface area contributed by atoms with E-state index in [0.29, 0.717) is 5.88 Å². The summed E-state index contributed by atoms with van der Waals surface area (Å²) < 4.78 is 11.0. The minimum Gasteiger partial charge on any atom is -0.375 e. The fraction of sp³-hybridized carbons (Fsp3) is 0.714. The second-order valence-corrected chi connectivity index (χ2v) is 5.77. The van der Waals surface area contributed by atoms with Crippen LogP contribution in [-0.4, -0.2) is 41.4 Å². The number of urea groups is 1. The SMILES string of the molecule is Cc1noc(NC(=O)N2CCC3(CCCO3)CC2)c1C. The second kappa shape index (κ2) is 5.09. The Labute approximate surface area is 118 Å². The topological polar surface area (TPSA) is 67.6 Å². The van der Waals surface area contributed by atoms with E-state index < -0.39 is 0 Å². The van der Waals surface area contributed by atoms with Crippen molar-refractivity contribution in [1.82, 2.24) is 10.1 Å². The molecule has 6 nitrogen and oxygen atoms in total. The number of likely N-dealkylation sites (tertiary alicyclic amines) is 1. The highest BCUT2D eigenvalue weighted by Gasteiger charge is 2.39. The zero-order valence-electron chi connectivity index (χ0n) is 12.1. The molecule has 0 atom stereocenters. The van der Waals surface area contributed by atoms with Gasteiger partial charge in [0.25, 0.3) is 0 Å². The van der Waals surface area contributed by atoms with E-state index in [0.717, 1.165) is 56.6 Å². The first-order chi connectivity index (χ1) is 9.60. The maximum Gasteiger partial charge on any atom is 0.324 e. The van der Waals surface area contributed by atoms with Crippen LogP contribution >= 0.6 is 0 Å². The molecule has 6 heteroatoms. The number of aromatic nitrogens is 1. The van der Waals surface area contributed by atoms with Crippen molar-refractivity contribution in [1.29, 1.82) is 0 Å². The van der Waals surface area contributed by atoms with Crippen molar-refractivity contribution >= 4 is 11.9 Å². The number of nitrogens with one attached hydrogen (secondary N) is 1. The van der Waals surface area contributed by atoms with Crippen molar-refractivity contribution in [2.24, 2.45) is 0 Å². The number of amides is 2. The molecule has 0 radical (unpaired) electrons. The van der Waals surface area contributed by atoms with Crippen molar-refractivity contribution in [3.8, 4) is 0 Å². The highest BCUT2D eigenvalue weighted by Crippen LogP contribution is 2.35. The molecular formula is C14H21N3O3. The Morgan fingerprint density at radius 2 is 2.05 bits per heavy atom. The third kappa shape index (κ3) is 2.40. The van der Waals surface area contributed by atoms with Gasteiger partial charge in [0.1, 0.15) is 0 Å². The zero-order chi connectivity index (χ0) is 14.2. The predicted molar refractivity (Wildman–Crippen MR) is 73.7 cm³/mol. The van der Waals surface area contributed by atoms with Crippen molar-refractivity contribution in [2.45, 2.75) is 45.1 Å². The van der Waals surface area contributed by atoms with E-state index in [2.05, 4.69) is 10.5 Å². The molecule has 3 heterocycles. The number of aryl methyl sites for hydroxylation is 1. The molecule has 0 unspecified atom stereocenters. The summed E-state index contributed by atoms with van der Waals surface area (Å²) in [5.41, 5.74) is 1.72. The van der Waals surface area contributed by atoms with Gasteiger partial charge >= 0.3 is 6.03 Å². The average molecular weight is 279 g/mol. The summed E-state index contributed by atoms with van der Waals surface area (Å²) in [6.07, 6.45) is 4.12. The van der Waals surface area contributed by atoms with Gasteiger partial charge in [0, 0.05) is 25.3 Å². The summed E-state index contributed by atoms with van der Waals surface area (Å²) in [6, 6.07) is -0.114. The molecule has 0 aromatic carbocycles. The number of piperidine rings is 1. The van der Waals surface area contributed by atoms with Gasteiger partial charge in [0.2, 0.25) is 5.88 Å². The van der Waals surface area contributed by atoms with E-state index in [1.807, 2.05) is 18.7 Å². The monoisotopic (exact) mass is 279 g/mol. The zero-order valence-corrected chi connectivity index (χ0v) is 12.1. The lowest BCUT2D eigenvalue weighted by atomic mass is 9.89. The van der Waals surface area contributed by atoms with E-state index in [9.17, 15) is 4.79 Å². The Morgan fingerprint density at radius 1 is 1.30 bits per heavy atom. The summed E-state index contributed by atoms with van der Waals surface area (Å²) in [6.45, 7) is 6.08. The second-order valence-electron chi connectivity index (χ2n) is 5.77. The molecule has 2 amide bonds. The van der Waals surface area contributed by atoms with Gasteiger partial charge in [-0.15, -0.1) is 0 Å². The van der Waals surface area contributed by atoms with E-state index in [1.54, 1.807) is 0 Å². The molecule has 1 spiro atoms. The van der Waals surface area contributed by atoms with E-state index in [-0.39, 0.29) is 11.6 Å². The Hall–Kier alpha value is -1.56. The first kappa shape index (κ1) is 13.4. The molecule has 20 heavy (non-hydrogen) atoms. The van der Waals surface area contributed by atoms with Crippen LogP contribution in [0.2, 0.25) is 0 Å². The van der Waals surface area contributed by atoms with Crippen LogP contribution in [0.5, 0.6) is 0 Å². The molecule has 0 bridgehead atoms. The first-order valence-corrected chi connectivity index (χ1v) is 7.22. The smallest absolute Gasteiger partial charge is 0.324 e. The minimum absolute atomic E-state index is 0.0372. The predicted octanol–water partition coefficient (Wildman–Crippen LogP) is 2.47. The summed E-state index contributed by atoms with van der Waals surface area (Å²) in [5.74, 6) is 0.449. The van der Waals surface area contributed by atoms with Crippen LogP contribution in [0.1, 0.15) is 36.9 Å². The number of hydrogen-bond acceptors (Lipinski definition) is 4. The lowest BCUT2D eigenvalue weighted by molar-refractivity contribution is -0.0353. The molecular weight excluding hydrogens is 258 g/mol. The summed E-state index contributed by atoms with van der Waals surface area (Å²) >= 11 is 0. The van der Waals surface area contributed by atoms with E-state index in [4.69, 9.17) is 9.26 Å². The van der Waals surface area contributed by atoms with Gasteiger partial charge in [0.05, 0.1) is 11.3 Å². The number of carbonyl (C=O) groups excluding carboxylic acids is 1. The van der Waals surface area contributed by atoms with Crippen LogP contribution in [0, 0.1) is 13.8 Å². The van der Waals surface area contributed by atoms with Crippen LogP contribution in [0.15, 0.2) is 4.52 Å². The van der Waals surface area contributed by atoms with Crippen LogP contribution in [0.3, 0.4) is 0 Å². The molecule has 110 valence electrons. The van der Waals surface area contributed by atoms with Crippen LogP contribution < -0.4 is 5.32 Å². The molecule has 2 fully saturated rings. The van der Waals surface area contributed by atoms with E-state index in [1.165, 1.54) is 0 Å². The maximum atomic E-state index is 12.2. The number of nitrogens with zero attached hydrogens (tertiary/aromatic N) is 2. The Morgan fingerprint density at radius 3 is 2.60 bits per heavy atom. The lowest BCUT2D eigenvalue weighted by Crippen LogP contribution is -2.47. The van der Waals surface area contributed by atoms with Gasteiger partial charge in [0.15, 0.2) is 0 Å². The van der Waals surface area contributed by atoms with Crippen LogP contribution in [-0.2, 0) is 4.74 Å². The third-order valence-electron chi connectivity index (χ3n) is 4.52. The highest BCUT2D eigenvalue weighted by molar-refractivity contribution is 5.88. The standard InChI is InChI=1S/C14H21N3O3/c1-10-11(2)16-20-12(10)15-13(18)17-7-5-14(6-8-17)4-3-9-19-14/h3-9H2,1-2H3,(H,15,18).